The summed E-state index contributed by atoms with van der Waals surface area (Å²) >= 11 is 0. The number of sulfonamides is 1. The van der Waals surface area contributed by atoms with Crippen LogP contribution in [0.4, 0.5) is 17.1 Å². The predicted octanol–water partition coefficient (Wildman–Crippen LogP) is 4.18. The van der Waals surface area contributed by atoms with E-state index in [0.29, 0.717) is 17.1 Å². The van der Waals surface area contributed by atoms with Gasteiger partial charge in [0.1, 0.15) is 0 Å². The predicted molar refractivity (Wildman–Crippen MR) is 126 cm³/mol. The lowest BCUT2D eigenvalue weighted by atomic mass is 10.2. The maximum absolute atomic E-state index is 13.3. The quantitative estimate of drug-likeness (QED) is 0.537. The summed E-state index contributed by atoms with van der Waals surface area (Å²) in [7, 11) is -3.84. The fourth-order valence-electron chi connectivity index (χ4n) is 3.09. The number of hydrogen-bond donors (Lipinski definition) is 2. The molecule has 0 radical (unpaired) electrons. The van der Waals surface area contributed by atoms with Gasteiger partial charge in [-0.1, -0.05) is 35.9 Å². The number of carbonyl (C=O) groups excluding carboxylic acids is 2. The molecule has 0 aliphatic heterocycles. The molecule has 2 N–H and O–H groups in total. The number of benzene rings is 3. The van der Waals surface area contributed by atoms with E-state index < -0.39 is 10.0 Å². The van der Waals surface area contributed by atoms with Gasteiger partial charge in [-0.2, -0.15) is 0 Å². The highest BCUT2D eigenvalue weighted by molar-refractivity contribution is 7.92. The first kappa shape index (κ1) is 23.0. The number of nitrogens with one attached hydrogen (secondary N) is 2. The highest BCUT2D eigenvalue weighted by Crippen LogP contribution is 2.24. The SMILES string of the molecule is CC(=O)Nc1ccc(NC(=O)CCN(c2ccc(C)cc2)S(=O)(=O)c2ccccc2)cc1. The van der Waals surface area contributed by atoms with Gasteiger partial charge in [0.2, 0.25) is 11.8 Å². The molecule has 0 aliphatic carbocycles. The van der Waals surface area contributed by atoms with Gasteiger partial charge >= 0.3 is 0 Å². The molecular weight excluding hydrogens is 426 g/mol. The van der Waals surface area contributed by atoms with Crippen molar-refractivity contribution in [3.8, 4) is 0 Å². The molecule has 7 nitrogen and oxygen atoms in total. The Bertz CT molecular complexity index is 1180. The van der Waals surface area contributed by atoms with E-state index in [1.807, 2.05) is 19.1 Å². The number of rotatable bonds is 8. The van der Waals surface area contributed by atoms with Crippen LogP contribution in [0.3, 0.4) is 0 Å². The van der Waals surface area contributed by atoms with Crippen LogP contribution in [-0.4, -0.2) is 26.8 Å². The number of carbonyl (C=O) groups is 2. The first-order chi connectivity index (χ1) is 15.3. The Morgan fingerprint density at radius 3 is 1.94 bits per heavy atom. The van der Waals surface area contributed by atoms with E-state index in [9.17, 15) is 18.0 Å². The zero-order chi connectivity index (χ0) is 23.1. The van der Waals surface area contributed by atoms with Crippen molar-refractivity contribution in [2.45, 2.75) is 25.2 Å². The molecule has 0 fully saturated rings. The Morgan fingerprint density at radius 2 is 1.38 bits per heavy atom. The molecule has 0 spiro atoms. The summed E-state index contributed by atoms with van der Waals surface area (Å²) in [6.45, 7) is 3.32. The molecule has 0 unspecified atom stereocenters. The lowest BCUT2D eigenvalue weighted by Crippen LogP contribution is -2.34. The molecule has 0 saturated heterocycles. The van der Waals surface area contributed by atoms with E-state index >= 15 is 0 Å². The smallest absolute Gasteiger partial charge is 0.264 e. The van der Waals surface area contributed by atoms with E-state index in [1.165, 1.54) is 23.4 Å². The number of nitrogens with zero attached hydrogens (tertiary/aromatic N) is 1. The van der Waals surface area contributed by atoms with E-state index in [-0.39, 0.29) is 29.7 Å². The van der Waals surface area contributed by atoms with Crippen LogP contribution >= 0.6 is 0 Å². The van der Waals surface area contributed by atoms with Gasteiger partial charge in [0, 0.05) is 31.3 Å². The lowest BCUT2D eigenvalue weighted by molar-refractivity contribution is -0.116. The molecule has 3 rings (SSSR count). The third kappa shape index (κ3) is 5.95. The summed E-state index contributed by atoms with van der Waals surface area (Å²) in [5, 5.41) is 5.41. The van der Waals surface area contributed by atoms with Crippen molar-refractivity contribution in [1.29, 1.82) is 0 Å². The van der Waals surface area contributed by atoms with Crippen LogP contribution in [0.2, 0.25) is 0 Å². The van der Waals surface area contributed by atoms with Crippen molar-refractivity contribution >= 4 is 38.9 Å². The average molecular weight is 452 g/mol. The molecule has 2 amide bonds. The van der Waals surface area contributed by atoms with Gasteiger partial charge in [-0.25, -0.2) is 8.42 Å². The van der Waals surface area contributed by atoms with E-state index in [0.717, 1.165) is 5.56 Å². The molecule has 0 aromatic heterocycles. The molecule has 3 aromatic carbocycles. The van der Waals surface area contributed by atoms with Crippen molar-refractivity contribution in [2.24, 2.45) is 0 Å². The van der Waals surface area contributed by atoms with Gasteiger partial charge in [-0.05, 0) is 55.5 Å². The number of hydrogen-bond acceptors (Lipinski definition) is 4. The molecular formula is C24H25N3O4S. The van der Waals surface area contributed by atoms with Crippen molar-refractivity contribution in [2.75, 3.05) is 21.5 Å². The zero-order valence-electron chi connectivity index (χ0n) is 17.9. The van der Waals surface area contributed by atoms with Gasteiger partial charge in [0.05, 0.1) is 10.6 Å². The van der Waals surface area contributed by atoms with Gasteiger partial charge in [0.15, 0.2) is 0 Å². The van der Waals surface area contributed by atoms with Crippen LogP contribution in [0, 0.1) is 6.92 Å². The van der Waals surface area contributed by atoms with E-state index in [4.69, 9.17) is 0 Å². The Labute approximate surface area is 188 Å². The summed E-state index contributed by atoms with van der Waals surface area (Å²) in [6.07, 6.45) is -0.0343. The topological polar surface area (TPSA) is 95.6 Å². The van der Waals surface area contributed by atoms with Crippen LogP contribution in [-0.2, 0) is 19.6 Å². The summed E-state index contributed by atoms with van der Waals surface area (Å²) in [6, 6.07) is 22.0. The normalized spacial score (nSPS) is 10.9. The molecule has 0 heterocycles. The van der Waals surface area contributed by atoms with Crippen molar-refractivity contribution < 1.29 is 18.0 Å². The Hall–Kier alpha value is -3.65. The first-order valence-corrected chi connectivity index (χ1v) is 11.5. The summed E-state index contributed by atoms with van der Waals surface area (Å²) < 4.78 is 27.8. The average Bonchev–Trinajstić information content (AvgIpc) is 2.76. The molecule has 0 aliphatic rings. The van der Waals surface area contributed by atoms with Crippen LogP contribution < -0.4 is 14.9 Å². The molecule has 0 saturated carbocycles. The third-order valence-corrected chi connectivity index (χ3v) is 6.53. The van der Waals surface area contributed by atoms with E-state index in [2.05, 4.69) is 10.6 Å². The molecule has 166 valence electrons. The van der Waals surface area contributed by atoms with Gasteiger partial charge < -0.3 is 10.6 Å². The molecule has 0 bridgehead atoms. The molecule has 0 atom stereocenters. The lowest BCUT2D eigenvalue weighted by Gasteiger charge is -2.24. The van der Waals surface area contributed by atoms with Crippen LogP contribution in [0.5, 0.6) is 0 Å². The third-order valence-electron chi connectivity index (χ3n) is 4.68. The second kappa shape index (κ2) is 10.1. The van der Waals surface area contributed by atoms with Gasteiger partial charge in [-0.15, -0.1) is 0 Å². The second-order valence-electron chi connectivity index (χ2n) is 7.28. The van der Waals surface area contributed by atoms with Crippen molar-refractivity contribution in [3.05, 3.63) is 84.4 Å². The maximum atomic E-state index is 13.3. The van der Waals surface area contributed by atoms with Crippen LogP contribution in [0.25, 0.3) is 0 Å². The number of aryl methyl sites for hydroxylation is 1. The largest absolute Gasteiger partial charge is 0.326 e. The van der Waals surface area contributed by atoms with Crippen LogP contribution in [0.15, 0.2) is 83.8 Å². The van der Waals surface area contributed by atoms with Crippen LogP contribution in [0.1, 0.15) is 18.9 Å². The Kier molecular flexibility index (Phi) is 7.27. The highest BCUT2D eigenvalue weighted by Gasteiger charge is 2.25. The van der Waals surface area contributed by atoms with Crippen molar-refractivity contribution in [1.82, 2.24) is 0 Å². The summed E-state index contributed by atoms with van der Waals surface area (Å²) in [5.41, 5.74) is 2.67. The molecule has 8 heteroatoms. The highest BCUT2D eigenvalue weighted by atomic mass is 32.2. The second-order valence-corrected chi connectivity index (χ2v) is 9.14. The van der Waals surface area contributed by atoms with E-state index in [1.54, 1.807) is 54.6 Å². The number of amides is 2. The minimum absolute atomic E-state index is 0.0178. The molecule has 32 heavy (non-hydrogen) atoms. The fourth-order valence-corrected chi connectivity index (χ4v) is 4.57. The minimum Gasteiger partial charge on any atom is -0.326 e. The monoisotopic (exact) mass is 451 g/mol. The fraction of sp³-hybridized carbons (Fsp3) is 0.167. The maximum Gasteiger partial charge on any atom is 0.264 e. The number of anilines is 3. The standard InChI is InChI=1S/C24H25N3O4S/c1-18-8-14-22(15-9-18)27(32(30,31)23-6-4-3-5-7-23)17-16-24(29)26-21-12-10-20(11-13-21)25-19(2)28/h3-15H,16-17H2,1-2H3,(H,25,28)(H,26,29). The zero-order valence-corrected chi connectivity index (χ0v) is 18.7. The summed E-state index contributed by atoms with van der Waals surface area (Å²) in [5.74, 6) is -0.504. The van der Waals surface area contributed by atoms with Crippen molar-refractivity contribution in [3.63, 3.8) is 0 Å². The Morgan fingerprint density at radius 1 is 0.812 bits per heavy atom. The Balaban J connectivity index is 1.74. The minimum atomic E-state index is -3.84. The molecule has 3 aromatic rings. The van der Waals surface area contributed by atoms with Gasteiger partial charge in [-0.3, -0.25) is 13.9 Å². The first-order valence-electron chi connectivity index (χ1n) is 10.1. The summed E-state index contributed by atoms with van der Waals surface area (Å²) in [4.78, 5) is 23.8. The van der Waals surface area contributed by atoms with Gasteiger partial charge in [0.25, 0.3) is 10.0 Å².